The van der Waals surface area contributed by atoms with Crippen LogP contribution < -0.4 is 10.6 Å². The summed E-state index contributed by atoms with van der Waals surface area (Å²) in [7, 11) is 0. The van der Waals surface area contributed by atoms with Crippen molar-refractivity contribution in [2.45, 2.75) is 52.6 Å². The molecule has 1 rings (SSSR count). The van der Waals surface area contributed by atoms with Crippen molar-refractivity contribution in [3.63, 3.8) is 0 Å². The molecule has 116 valence electrons. The van der Waals surface area contributed by atoms with Crippen LogP contribution in [0.25, 0.3) is 0 Å². The van der Waals surface area contributed by atoms with Crippen LogP contribution in [0, 0.1) is 11.3 Å². The van der Waals surface area contributed by atoms with Crippen LogP contribution in [0.1, 0.15) is 41.0 Å². The maximum absolute atomic E-state index is 12.0. The average molecular weight is 286 g/mol. The van der Waals surface area contributed by atoms with Crippen LogP contribution in [0.15, 0.2) is 0 Å². The predicted octanol–water partition coefficient (Wildman–Crippen LogP) is 1.60. The lowest BCUT2D eigenvalue weighted by Gasteiger charge is -2.39. The molecule has 2 unspecified atom stereocenters. The van der Waals surface area contributed by atoms with Crippen LogP contribution in [0.3, 0.4) is 0 Å². The molecule has 0 saturated carbocycles. The third-order valence-electron chi connectivity index (χ3n) is 4.55. The van der Waals surface area contributed by atoms with Crippen LogP contribution in [0.5, 0.6) is 0 Å². The van der Waals surface area contributed by atoms with Crippen LogP contribution in [0.4, 0.5) is 4.79 Å². The Hall–Kier alpha value is -1.30. The van der Waals surface area contributed by atoms with E-state index < -0.39 is 16.9 Å². The maximum Gasteiger partial charge on any atom is 0.315 e. The van der Waals surface area contributed by atoms with E-state index in [1.54, 1.807) is 27.7 Å². The van der Waals surface area contributed by atoms with Crippen molar-refractivity contribution in [1.29, 1.82) is 0 Å². The van der Waals surface area contributed by atoms with Crippen molar-refractivity contribution in [3.05, 3.63) is 0 Å². The number of carboxylic acids is 1. The SMILES string of the molecule is CC(NC(=O)NC(C)(C)C(C)(C)C(=O)O)C1CCOC1. The zero-order chi connectivity index (χ0) is 15.6. The Balaban J connectivity index is 2.58. The number of amides is 2. The minimum absolute atomic E-state index is 0.00115. The van der Waals surface area contributed by atoms with E-state index in [1.165, 1.54) is 0 Å². The fourth-order valence-electron chi connectivity index (χ4n) is 2.02. The van der Waals surface area contributed by atoms with E-state index in [1.807, 2.05) is 6.92 Å². The van der Waals surface area contributed by atoms with Crippen LogP contribution >= 0.6 is 0 Å². The fourth-order valence-corrected chi connectivity index (χ4v) is 2.02. The molecule has 1 aliphatic rings. The number of carbonyl (C=O) groups excluding carboxylic acids is 1. The van der Waals surface area contributed by atoms with Crippen molar-refractivity contribution < 1.29 is 19.4 Å². The number of nitrogens with one attached hydrogen (secondary N) is 2. The van der Waals surface area contributed by atoms with Gasteiger partial charge in [-0.05, 0) is 41.0 Å². The summed E-state index contributed by atoms with van der Waals surface area (Å²) in [5.74, 6) is -0.628. The minimum atomic E-state index is -1.07. The number of hydrogen-bond donors (Lipinski definition) is 3. The highest BCUT2D eigenvalue weighted by atomic mass is 16.5. The van der Waals surface area contributed by atoms with Gasteiger partial charge in [0.25, 0.3) is 0 Å². The summed E-state index contributed by atoms with van der Waals surface area (Å²) in [6.07, 6.45) is 0.936. The molecule has 0 aromatic carbocycles. The smallest absolute Gasteiger partial charge is 0.315 e. The Labute approximate surface area is 120 Å². The number of aliphatic carboxylic acids is 1. The van der Waals surface area contributed by atoms with E-state index in [0.29, 0.717) is 12.5 Å². The number of rotatable bonds is 5. The molecule has 1 fully saturated rings. The standard InChI is InChI=1S/C14H26N2O4/c1-9(10-6-7-20-8-10)15-12(19)16-14(4,5)13(2,3)11(17)18/h9-10H,6-8H2,1-5H3,(H,17,18)(H2,15,16,19). The lowest BCUT2D eigenvalue weighted by Crippen LogP contribution is -2.60. The second kappa shape index (κ2) is 5.99. The topological polar surface area (TPSA) is 87.7 Å². The Morgan fingerprint density at radius 3 is 2.35 bits per heavy atom. The van der Waals surface area contributed by atoms with E-state index in [-0.39, 0.29) is 12.1 Å². The molecule has 1 saturated heterocycles. The van der Waals surface area contributed by atoms with Crippen molar-refractivity contribution in [2.75, 3.05) is 13.2 Å². The Kier molecular flexibility index (Phi) is 5.02. The number of ether oxygens (including phenoxy) is 1. The lowest BCUT2D eigenvalue weighted by molar-refractivity contribution is -0.150. The molecule has 0 bridgehead atoms. The van der Waals surface area contributed by atoms with Gasteiger partial charge < -0.3 is 20.5 Å². The summed E-state index contributed by atoms with van der Waals surface area (Å²) >= 11 is 0. The zero-order valence-corrected chi connectivity index (χ0v) is 12.9. The second-order valence-corrected chi connectivity index (χ2v) is 6.57. The van der Waals surface area contributed by atoms with E-state index in [9.17, 15) is 14.7 Å². The monoisotopic (exact) mass is 286 g/mol. The molecule has 1 heterocycles. The molecule has 2 amide bonds. The molecule has 1 aliphatic heterocycles. The van der Waals surface area contributed by atoms with Gasteiger partial charge in [0.1, 0.15) is 0 Å². The fraction of sp³-hybridized carbons (Fsp3) is 0.857. The highest BCUT2D eigenvalue weighted by Gasteiger charge is 2.44. The summed E-state index contributed by atoms with van der Waals surface area (Å²) in [5.41, 5.74) is -1.93. The zero-order valence-electron chi connectivity index (χ0n) is 12.9. The number of carboxylic acid groups (broad SMARTS) is 1. The first kappa shape index (κ1) is 16.8. The highest BCUT2D eigenvalue weighted by molar-refractivity contribution is 5.79. The molecule has 0 aliphatic carbocycles. The molecule has 0 radical (unpaired) electrons. The van der Waals surface area contributed by atoms with Gasteiger partial charge in [0.05, 0.1) is 17.6 Å². The van der Waals surface area contributed by atoms with Crippen LogP contribution in [-0.4, -0.2) is 41.9 Å². The molecular formula is C14H26N2O4. The number of hydrogen-bond acceptors (Lipinski definition) is 3. The van der Waals surface area contributed by atoms with Gasteiger partial charge >= 0.3 is 12.0 Å². The largest absolute Gasteiger partial charge is 0.481 e. The van der Waals surface area contributed by atoms with Gasteiger partial charge in [-0.3, -0.25) is 4.79 Å². The van der Waals surface area contributed by atoms with Crippen molar-refractivity contribution in [1.82, 2.24) is 10.6 Å². The third-order valence-corrected chi connectivity index (χ3v) is 4.55. The molecule has 0 aromatic rings. The molecule has 0 spiro atoms. The van der Waals surface area contributed by atoms with E-state index in [2.05, 4.69) is 10.6 Å². The van der Waals surface area contributed by atoms with Gasteiger partial charge in [0.2, 0.25) is 0 Å². The first-order valence-corrected chi connectivity index (χ1v) is 6.98. The Bertz CT molecular complexity index is 373. The maximum atomic E-state index is 12.0. The van der Waals surface area contributed by atoms with Crippen molar-refractivity contribution in [2.24, 2.45) is 11.3 Å². The van der Waals surface area contributed by atoms with Gasteiger partial charge in [0.15, 0.2) is 0 Å². The lowest BCUT2D eigenvalue weighted by atomic mass is 9.74. The number of carbonyl (C=O) groups is 2. The van der Waals surface area contributed by atoms with Crippen LogP contribution in [-0.2, 0) is 9.53 Å². The van der Waals surface area contributed by atoms with Crippen LogP contribution in [0.2, 0.25) is 0 Å². The Morgan fingerprint density at radius 2 is 1.90 bits per heavy atom. The quantitative estimate of drug-likeness (QED) is 0.716. The number of urea groups is 1. The summed E-state index contributed by atoms with van der Waals surface area (Å²) in [6.45, 7) is 9.96. The first-order chi connectivity index (χ1) is 9.08. The van der Waals surface area contributed by atoms with Gasteiger partial charge in [0, 0.05) is 18.6 Å². The average Bonchev–Trinajstić information content (AvgIpc) is 2.80. The molecule has 3 N–H and O–H groups in total. The van der Waals surface area contributed by atoms with Crippen molar-refractivity contribution >= 4 is 12.0 Å². The van der Waals surface area contributed by atoms with Crippen molar-refractivity contribution in [3.8, 4) is 0 Å². The summed E-state index contributed by atoms with van der Waals surface area (Å²) in [4.78, 5) is 23.3. The van der Waals surface area contributed by atoms with Gasteiger partial charge in [-0.1, -0.05) is 0 Å². The summed E-state index contributed by atoms with van der Waals surface area (Å²) in [5, 5.41) is 14.9. The summed E-state index contributed by atoms with van der Waals surface area (Å²) < 4.78 is 5.30. The minimum Gasteiger partial charge on any atom is -0.481 e. The molecule has 6 nitrogen and oxygen atoms in total. The second-order valence-electron chi connectivity index (χ2n) is 6.57. The van der Waals surface area contributed by atoms with Gasteiger partial charge in [-0.2, -0.15) is 0 Å². The summed E-state index contributed by atoms with van der Waals surface area (Å²) in [6, 6.07) is -0.343. The molecular weight excluding hydrogens is 260 g/mol. The third kappa shape index (κ3) is 3.62. The molecule has 2 atom stereocenters. The van der Waals surface area contributed by atoms with Gasteiger partial charge in [-0.15, -0.1) is 0 Å². The van der Waals surface area contributed by atoms with Gasteiger partial charge in [-0.25, -0.2) is 4.79 Å². The molecule has 6 heteroatoms. The highest BCUT2D eigenvalue weighted by Crippen LogP contribution is 2.30. The van der Waals surface area contributed by atoms with E-state index >= 15 is 0 Å². The molecule has 0 aromatic heterocycles. The van der Waals surface area contributed by atoms with E-state index in [4.69, 9.17) is 4.74 Å². The first-order valence-electron chi connectivity index (χ1n) is 6.98. The predicted molar refractivity (Wildman–Crippen MR) is 75.6 cm³/mol. The molecule has 20 heavy (non-hydrogen) atoms. The normalized spacial score (nSPS) is 21.4. The van der Waals surface area contributed by atoms with E-state index in [0.717, 1.165) is 13.0 Å². The Morgan fingerprint density at radius 1 is 1.30 bits per heavy atom.